The maximum Gasteiger partial charge on any atom is 0.450 e. The standard InChI is InChI=1S/C10H5Cl2N3O4S/c11-6-1-5(2-7(12)3-6)9(16)19-4-8-13-14-10(20-8)15(17)18/h1-3H,4H2. The van der Waals surface area contributed by atoms with Gasteiger partial charge in [0, 0.05) is 10.0 Å². The molecule has 1 aromatic heterocycles. The van der Waals surface area contributed by atoms with E-state index in [2.05, 4.69) is 10.2 Å². The Kier molecular flexibility index (Phi) is 4.48. The van der Waals surface area contributed by atoms with Gasteiger partial charge in [0.15, 0.2) is 5.01 Å². The van der Waals surface area contributed by atoms with Crippen LogP contribution in [0, 0.1) is 10.1 Å². The van der Waals surface area contributed by atoms with E-state index in [1.54, 1.807) is 0 Å². The Labute approximate surface area is 126 Å². The number of nitrogens with zero attached hydrogens (tertiary/aromatic N) is 3. The summed E-state index contributed by atoms with van der Waals surface area (Å²) in [5, 5.41) is 17.8. The summed E-state index contributed by atoms with van der Waals surface area (Å²) in [6.45, 7) is -0.214. The third-order valence-corrected chi connectivity index (χ3v) is 3.32. The molecule has 0 radical (unpaired) electrons. The molecule has 104 valence electrons. The lowest BCUT2D eigenvalue weighted by atomic mass is 10.2. The summed E-state index contributed by atoms with van der Waals surface area (Å²) >= 11 is 12.3. The second-order valence-electron chi connectivity index (χ2n) is 3.47. The number of hydrogen-bond acceptors (Lipinski definition) is 7. The Morgan fingerprint density at radius 2 is 1.95 bits per heavy atom. The molecule has 0 aliphatic heterocycles. The van der Waals surface area contributed by atoms with Crippen LogP contribution in [-0.4, -0.2) is 21.1 Å². The number of aromatic nitrogens is 2. The predicted octanol–water partition coefficient (Wildman–Crippen LogP) is 3.11. The van der Waals surface area contributed by atoms with E-state index in [0.29, 0.717) is 10.0 Å². The highest BCUT2D eigenvalue weighted by atomic mass is 35.5. The number of hydrogen-bond donors (Lipinski definition) is 0. The minimum absolute atomic E-state index is 0.182. The maximum absolute atomic E-state index is 11.7. The van der Waals surface area contributed by atoms with Gasteiger partial charge < -0.3 is 14.9 Å². The predicted molar refractivity (Wildman–Crippen MR) is 72.1 cm³/mol. The van der Waals surface area contributed by atoms with Crippen LogP contribution in [-0.2, 0) is 11.3 Å². The van der Waals surface area contributed by atoms with Gasteiger partial charge in [-0.15, -0.1) is 0 Å². The summed E-state index contributed by atoms with van der Waals surface area (Å²) in [4.78, 5) is 21.5. The van der Waals surface area contributed by atoms with E-state index in [1.165, 1.54) is 18.2 Å². The van der Waals surface area contributed by atoms with Gasteiger partial charge in [0.1, 0.15) is 6.61 Å². The van der Waals surface area contributed by atoms with Crippen molar-refractivity contribution in [2.24, 2.45) is 0 Å². The van der Waals surface area contributed by atoms with Gasteiger partial charge in [-0.3, -0.25) is 0 Å². The molecule has 0 atom stereocenters. The van der Waals surface area contributed by atoms with E-state index >= 15 is 0 Å². The highest BCUT2D eigenvalue weighted by Gasteiger charge is 2.17. The van der Waals surface area contributed by atoms with E-state index in [-0.39, 0.29) is 22.3 Å². The molecule has 0 saturated carbocycles. The van der Waals surface area contributed by atoms with Crippen LogP contribution in [0.25, 0.3) is 0 Å². The van der Waals surface area contributed by atoms with Crippen molar-refractivity contribution in [2.75, 3.05) is 0 Å². The fourth-order valence-corrected chi connectivity index (χ4v) is 2.35. The van der Waals surface area contributed by atoms with Crippen LogP contribution in [0.4, 0.5) is 5.13 Å². The van der Waals surface area contributed by atoms with Gasteiger partial charge in [-0.25, -0.2) is 4.79 Å². The van der Waals surface area contributed by atoms with Gasteiger partial charge in [0.05, 0.1) is 10.7 Å². The highest BCUT2D eigenvalue weighted by molar-refractivity contribution is 7.14. The third-order valence-electron chi connectivity index (χ3n) is 2.04. The minimum atomic E-state index is -0.667. The van der Waals surface area contributed by atoms with Crippen LogP contribution in [0.1, 0.15) is 15.4 Å². The molecule has 2 aromatic rings. The van der Waals surface area contributed by atoms with Crippen LogP contribution in [0.5, 0.6) is 0 Å². The molecule has 1 heterocycles. The van der Waals surface area contributed by atoms with E-state index in [0.717, 1.165) is 11.3 Å². The third kappa shape index (κ3) is 3.62. The van der Waals surface area contributed by atoms with Crippen LogP contribution in [0.15, 0.2) is 18.2 Å². The summed E-state index contributed by atoms with van der Waals surface area (Å²) in [6.07, 6.45) is 0. The van der Waals surface area contributed by atoms with Crippen molar-refractivity contribution in [3.63, 3.8) is 0 Å². The van der Waals surface area contributed by atoms with Crippen molar-refractivity contribution in [1.29, 1.82) is 0 Å². The second kappa shape index (κ2) is 6.12. The minimum Gasteiger partial charge on any atom is -0.455 e. The number of rotatable bonds is 4. The lowest BCUT2D eigenvalue weighted by molar-refractivity contribution is -0.385. The first-order chi connectivity index (χ1) is 9.45. The number of carbonyl (C=O) groups is 1. The molecule has 1 aromatic carbocycles. The van der Waals surface area contributed by atoms with Crippen LogP contribution in [0.3, 0.4) is 0 Å². The smallest absolute Gasteiger partial charge is 0.450 e. The molecule has 0 saturated heterocycles. The first-order valence-corrected chi connectivity index (χ1v) is 6.63. The molecular formula is C10H5Cl2N3O4S. The number of benzene rings is 1. The van der Waals surface area contributed by atoms with Gasteiger partial charge in [0.25, 0.3) is 0 Å². The van der Waals surface area contributed by atoms with Gasteiger partial charge in [-0.05, 0) is 39.6 Å². The van der Waals surface area contributed by atoms with Crippen LogP contribution >= 0.6 is 34.5 Å². The molecule has 0 amide bonds. The molecule has 10 heteroatoms. The summed E-state index contributed by atoms with van der Waals surface area (Å²) in [5.41, 5.74) is 0.182. The Bertz CT molecular complexity index is 656. The molecule has 0 unspecified atom stereocenters. The Morgan fingerprint density at radius 3 is 2.50 bits per heavy atom. The SMILES string of the molecule is O=C(OCc1nnc([N+](=O)[O-])s1)c1cc(Cl)cc(Cl)c1. The lowest BCUT2D eigenvalue weighted by Gasteiger charge is -2.03. The van der Waals surface area contributed by atoms with Crippen molar-refractivity contribution in [3.05, 3.63) is 48.9 Å². The average molecular weight is 334 g/mol. The molecule has 2 rings (SSSR count). The molecule has 0 spiro atoms. The largest absolute Gasteiger partial charge is 0.455 e. The summed E-state index contributed by atoms with van der Waals surface area (Å²) in [5.74, 6) is -0.660. The quantitative estimate of drug-likeness (QED) is 0.484. The van der Waals surface area contributed by atoms with Gasteiger partial charge in [0.2, 0.25) is 0 Å². The molecule has 7 nitrogen and oxygen atoms in total. The van der Waals surface area contributed by atoms with Crippen molar-refractivity contribution < 1.29 is 14.5 Å². The molecule has 0 aliphatic rings. The maximum atomic E-state index is 11.7. The fourth-order valence-electron chi connectivity index (χ4n) is 1.26. The van der Waals surface area contributed by atoms with Crippen molar-refractivity contribution in [1.82, 2.24) is 10.2 Å². The van der Waals surface area contributed by atoms with Crippen LogP contribution < -0.4 is 0 Å². The molecule has 20 heavy (non-hydrogen) atoms. The van der Waals surface area contributed by atoms with Gasteiger partial charge in [-0.1, -0.05) is 23.2 Å². The summed E-state index contributed by atoms with van der Waals surface area (Å²) < 4.78 is 4.95. The molecule has 0 N–H and O–H groups in total. The number of halogens is 2. The Morgan fingerprint density at radius 1 is 1.30 bits per heavy atom. The molecule has 0 aliphatic carbocycles. The van der Waals surface area contributed by atoms with Crippen molar-refractivity contribution in [2.45, 2.75) is 6.61 Å². The Hall–Kier alpha value is -1.77. The molecular weight excluding hydrogens is 329 g/mol. The van der Waals surface area contributed by atoms with Gasteiger partial charge >= 0.3 is 11.1 Å². The van der Waals surface area contributed by atoms with E-state index < -0.39 is 10.9 Å². The summed E-state index contributed by atoms with van der Waals surface area (Å²) in [7, 11) is 0. The Balaban J connectivity index is 2.02. The second-order valence-corrected chi connectivity index (χ2v) is 5.38. The summed E-state index contributed by atoms with van der Waals surface area (Å²) in [6, 6.07) is 4.28. The number of esters is 1. The van der Waals surface area contributed by atoms with Crippen LogP contribution in [0.2, 0.25) is 10.0 Å². The number of nitro groups is 1. The normalized spacial score (nSPS) is 10.3. The molecule has 0 bridgehead atoms. The number of carbonyl (C=O) groups excluding carboxylic acids is 1. The van der Waals surface area contributed by atoms with E-state index in [9.17, 15) is 14.9 Å². The zero-order chi connectivity index (χ0) is 14.7. The monoisotopic (exact) mass is 333 g/mol. The first-order valence-electron chi connectivity index (χ1n) is 5.05. The zero-order valence-electron chi connectivity index (χ0n) is 9.58. The highest BCUT2D eigenvalue weighted by Crippen LogP contribution is 2.21. The molecule has 0 fully saturated rings. The van der Waals surface area contributed by atoms with E-state index in [1.807, 2.05) is 0 Å². The number of ether oxygens (including phenoxy) is 1. The fraction of sp³-hybridized carbons (Fsp3) is 0.100. The van der Waals surface area contributed by atoms with E-state index in [4.69, 9.17) is 27.9 Å². The van der Waals surface area contributed by atoms with Crippen molar-refractivity contribution in [3.8, 4) is 0 Å². The van der Waals surface area contributed by atoms with Crippen molar-refractivity contribution >= 4 is 45.6 Å². The lowest BCUT2D eigenvalue weighted by Crippen LogP contribution is -2.05. The first kappa shape index (κ1) is 14.6. The average Bonchev–Trinajstić information content (AvgIpc) is 2.83. The topological polar surface area (TPSA) is 95.2 Å². The van der Waals surface area contributed by atoms with Gasteiger partial charge in [-0.2, -0.15) is 0 Å². The zero-order valence-corrected chi connectivity index (χ0v) is 11.9.